The number of rotatable bonds is 6. The molecule has 0 spiro atoms. The van der Waals surface area contributed by atoms with E-state index in [4.69, 9.17) is 10.5 Å². The Morgan fingerprint density at radius 1 is 1.09 bits per heavy atom. The van der Waals surface area contributed by atoms with Crippen LogP contribution in [0.5, 0.6) is 5.75 Å². The number of pyridine rings is 1. The second kappa shape index (κ2) is 8.58. The first-order valence-corrected chi connectivity index (χ1v) is 10.5. The largest absolute Gasteiger partial charge is 0.489 e. The van der Waals surface area contributed by atoms with Crippen molar-refractivity contribution in [1.29, 1.82) is 0 Å². The highest BCUT2D eigenvalue weighted by Crippen LogP contribution is 2.36. The number of primary amides is 1. The van der Waals surface area contributed by atoms with Crippen LogP contribution in [-0.2, 0) is 11.4 Å². The molecular weight excluding hydrogens is 416 g/mol. The van der Waals surface area contributed by atoms with Crippen molar-refractivity contribution in [1.82, 2.24) is 19.7 Å². The van der Waals surface area contributed by atoms with Gasteiger partial charge in [0.25, 0.3) is 0 Å². The predicted molar refractivity (Wildman–Crippen MR) is 124 cm³/mol. The van der Waals surface area contributed by atoms with Gasteiger partial charge in [-0.2, -0.15) is 4.98 Å². The van der Waals surface area contributed by atoms with Crippen molar-refractivity contribution < 1.29 is 9.53 Å². The lowest BCUT2D eigenvalue weighted by molar-refractivity contribution is -0.115. The van der Waals surface area contributed by atoms with Crippen molar-refractivity contribution in [2.24, 2.45) is 5.73 Å². The standard InChI is InChI=1S/C25H22N6O2/c1-16-21(23(26)32)22(31-25(28-16)29-24(30-31)19-8-5-13-27-14-19)18-9-11-20(12-10-18)33-15-17-6-3-2-4-7-17/h2-14,22H,15H2,1H3,(H2,26,32)(H,28,29,30). The van der Waals surface area contributed by atoms with Crippen molar-refractivity contribution in [3.05, 3.63) is 102 Å². The maximum absolute atomic E-state index is 12.4. The van der Waals surface area contributed by atoms with Gasteiger partial charge in [0.2, 0.25) is 11.9 Å². The molecule has 164 valence electrons. The number of fused-ring (bicyclic) bond motifs is 1. The molecule has 2 aromatic carbocycles. The average molecular weight is 438 g/mol. The monoisotopic (exact) mass is 438 g/mol. The van der Waals surface area contributed by atoms with Gasteiger partial charge in [-0.3, -0.25) is 9.78 Å². The molecule has 4 aromatic rings. The predicted octanol–water partition coefficient (Wildman–Crippen LogP) is 3.69. The third-order valence-corrected chi connectivity index (χ3v) is 5.48. The molecule has 3 heterocycles. The Bertz CT molecular complexity index is 1310. The van der Waals surface area contributed by atoms with E-state index in [1.165, 1.54) is 0 Å². The van der Waals surface area contributed by atoms with Crippen LogP contribution < -0.4 is 15.8 Å². The Labute approximate surface area is 190 Å². The lowest BCUT2D eigenvalue weighted by Crippen LogP contribution is -2.31. The minimum atomic E-state index is -0.515. The molecule has 0 fully saturated rings. The number of ether oxygens (including phenoxy) is 1. The highest BCUT2D eigenvalue weighted by Gasteiger charge is 2.33. The number of allylic oxidation sites excluding steroid dienone is 1. The molecule has 0 aliphatic carbocycles. The average Bonchev–Trinajstić information content (AvgIpc) is 3.27. The number of nitrogens with zero attached hydrogens (tertiary/aromatic N) is 4. The van der Waals surface area contributed by atoms with Crippen LogP contribution >= 0.6 is 0 Å². The number of aromatic nitrogens is 4. The van der Waals surface area contributed by atoms with Gasteiger partial charge >= 0.3 is 0 Å². The van der Waals surface area contributed by atoms with E-state index in [2.05, 4.69) is 20.4 Å². The van der Waals surface area contributed by atoms with Gasteiger partial charge in [0.1, 0.15) is 18.4 Å². The van der Waals surface area contributed by atoms with E-state index < -0.39 is 11.9 Å². The molecule has 1 amide bonds. The van der Waals surface area contributed by atoms with Crippen LogP contribution in [0.15, 0.2) is 90.4 Å². The third kappa shape index (κ3) is 4.06. The Hall–Kier alpha value is -4.46. The molecular formula is C25H22N6O2. The summed E-state index contributed by atoms with van der Waals surface area (Å²) in [6.07, 6.45) is 3.39. The van der Waals surface area contributed by atoms with E-state index in [0.29, 0.717) is 29.6 Å². The minimum absolute atomic E-state index is 0.433. The van der Waals surface area contributed by atoms with Crippen molar-refractivity contribution >= 4 is 11.9 Å². The molecule has 3 N–H and O–H groups in total. The molecule has 33 heavy (non-hydrogen) atoms. The summed E-state index contributed by atoms with van der Waals surface area (Å²) in [6, 6.07) is 20.8. The van der Waals surface area contributed by atoms with Crippen molar-refractivity contribution in [2.45, 2.75) is 19.6 Å². The Morgan fingerprint density at radius 3 is 2.58 bits per heavy atom. The van der Waals surface area contributed by atoms with Crippen LogP contribution in [0.25, 0.3) is 11.4 Å². The van der Waals surface area contributed by atoms with E-state index >= 15 is 0 Å². The van der Waals surface area contributed by atoms with E-state index in [1.54, 1.807) is 17.1 Å². The first-order valence-electron chi connectivity index (χ1n) is 10.5. The van der Waals surface area contributed by atoms with Crippen molar-refractivity contribution in [3.63, 3.8) is 0 Å². The summed E-state index contributed by atoms with van der Waals surface area (Å²) in [5.41, 5.74) is 9.57. The smallest absolute Gasteiger partial charge is 0.248 e. The number of nitrogens with two attached hydrogens (primary N) is 1. The van der Waals surface area contributed by atoms with E-state index in [0.717, 1.165) is 22.4 Å². The number of carbonyl (C=O) groups excluding carboxylic acids is 1. The number of anilines is 1. The maximum Gasteiger partial charge on any atom is 0.248 e. The van der Waals surface area contributed by atoms with Gasteiger partial charge in [0.15, 0.2) is 5.82 Å². The van der Waals surface area contributed by atoms with Gasteiger partial charge in [-0.25, -0.2) is 4.68 Å². The molecule has 0 saturated heterocycles. The summed E-state index contributed by atoms with van der Waals surface area (Å²) in [5.74, 6) is 1.26. The molecule has 2 aromatic heterocycles. The minimum Gasteiger partial charge on any atom is -0.489 e. The van der Waals surface area contributed by atoms with Gasteiger partial charge in [0.05, 0.1) is 5.57 Å². The number of amides is 1. The van der Waals surface area contributed by atoms with Crippen LogP contribution in [0, 0.1) is 0 Å². The maximum atomic E-state index is 12.4. The lowest BCUT2D eigenvalue weighted by atomic mass is 9.95. The third-order valence-electron chi connectivity index (χ3n) is 5.48. The fraction of sp³-hybridized carbons (Fsp3) is 0.120. The van der Waals surface area contributed by atoms with Crippen molar-refractivity contribution in [2.75, 3.05) is 5.32 Å². The topological polar surface area (TPSA) is 108 Å². The lowest BCUT2D eigenvalue weighted by Gasteiger charge is -2.27. The molecule has 0 bridgehead atoms. The van der Waals surface area contributed by atoms with E-state index in [-0.39, 0.29) is 0 Å². The molecule has 1 aliphatic rings. The van der Waals surface area contributed by atoms with E-state index in [9.17, 15) is 4.79 Å². The number of hydrogen-bond donors (Lipinski definition) is 2. The summed E-state index contributed by atoms with van der Waals surface area (Å²) in [5, 5.41) is 7.83. The van der Waals surface area contributed by atoms with Crippen LogP contribution in [-0.4, -0.2) is 25.7 Å². The number of nitrogens with one attached hydrogen (secondary N) is 1. The van der Waals surface area contributed by atoms with Crippen LogP contribution in [0.4, 0.5) is 5.95 Å². The molecule has 1 unspecified atom stereocenters. The fourth-order valence-electron chi connectivity index (χ4n) is 3.88. The van der Waals surface area contributed by atoms with Crippen LogP contribution in [0.2, 0.25) is 0 Å². The molecule has 0 saturated carbocycles. The van der Waals surface area contributed by atoms with Gasteiger partial charge in [0, 0.05) is 23.7 Å². The number of hydrogen-bond acceptors (Lipinski definition) is 6. The van der Waals surface area contributed by atoms with Crippen LogP contribution in [0.3, 0.4) is 0 Å². The molecule has 8 nitrogen and oxygen atoms in total. The molecule has 8 heteroatoms. The van der Waals surface area contributed by atoms with Gasteiger partial charge in [-0.1, -0.05) is 42.5 Å². The molecule has 1 atom stereocenters. The van der Waals surface area contributed by atoms with Gasteiger partial charge in [-0.15, -0.1) is 5.10 Å². The highest BCUT2D eigenvalue weighted by molar-refractivity contribution is 5.95. The van der Waals surface area contributed by atoms with Gasteiger partial charge < -0.3 is 15.8 Å². The summed E-state index contributed by atoms with van der Waals surface area (Å²) in [4.78, 5) is 21.1. The van der Waals surface area contributed by atoms with Crippen molar-refractivity contribution in [3.8, 4) is 17.1 Å². The summed E-state index contributed by atoms with van der Waals surface area (Å²) >= 11 is 0. The quantitative estimate of drug-likeness (QED) is 0.475. The Kier molecular flexibility index (Phi) is 5.32. The second-order valence-electron chi connectivity index (χ2n) is 7.72. The second-order valence-corrected chi connectivity index (χ2v) is 7.72. The highest BCUT2D eigenvalue weighted by atomic mass is 16.5. The summed E-state index contributed by atoms with van der Waals surface area (Å²) < 4.78 is 7.59. The zero-order valence-electron chi connectivity index (χ0n) is 18.0. The number of benzene rings is 2. The zero-order chi connectivity index (χ0) is 22.8. The normalized spacial score (nSPS) is 15.0. The first kappa shape index (κ1) is 20.4. The summed E-state index contributed by atoms with van der Waals surface area (Å²) in [7, 11) is 0. The SMILES string of the molecule is CC1=C(C(N)=O)C(c2ccc(OCc3ccccc3)cc2)n2nc(-c3cccnc3)nc2N1. The Morgan fingerprint density at radius 2 is 1.88 bits per heavy atom. The molecule has 5 rings (SSSR count). The molecule has 1 aliphatic heterocycles. The van der Waals surface area contributed by atoms with E-state index in [1.807, 2.05) is 73.7 Å². The first-order chi connectivity index (χ1) is 16.1. The fourth-order valence-corrected chi connectivity index (χ4v) is 3.88. The van der Waals surface area contributed by atoms with Gasteiger partial charge in [-0.05, 0) is 42.3 Å². The number of carbonyl (C=O) groups is 1. The Balaban J connectivity index is 1.48. The molecule has 0 radical (unpaired) electrons. The summed E-state index contributed by atoms with van der Waals surface area (Å²) in [6.45, 7) is 2.28. The zero-order valence-corrected chi connectivity index (χ0v) is 18.0. The van der Waals surface area contributed by atoms with Crippen LogP contribution in [0.1, 0.15) is 24.1 Å².